The van der Waals surface area contributed by atoms with Crippen LogP contribution in [0.4, 0.5) is 20.6 Å². The van der Waals surface area contributed by atoms with Crippen LogP contribution in [0.15, 0.2) is 18.2 Å². The van der Waals surface area contributed by atoms with Crippen molar-refractivity contribution < 1.29 is 17.6 Å². The lowest BCUT2D eigenvalue weighted by atomic mass is 9.87. The van der Waals surface area contributed by atoms with Crippen LogP contribution >= 0.6 is 0 Å². The van der Waals surface area contributed by atoms with Crippen molar-refractivity contribution in [2.45, 2.75) is 31.8 Å². The number of benzene rings is 1. The van der Waals surface area contributed by atoms with Gasteiger partial charge in [0.1, 0.15) is 5.82 Å². The lowest BCUT2D eigenvalue weighted by Crippen LogP contribution is -2.49. The number of sulfonamides is 1. The Morgan fingerprint density at radius 1 is 1.38 bits per heavy atom. The maximum atomic E-state index is 14.0. The van der Waals surface area contributed by atoms with Crippen LogP contribution in [0.2, 0.25) is 0 Å². The summed E-state index contributed by atoms with van der Waals surface area (Å²) in [6.45, 7) is 3.25. The number of anilines is 2. The minimum atomic E-state index is -3.48. The van der Waals surface area contributed by atoms with Gasteiger partial charge in [-0.05, 0) is 31.0 Å². The molecule has 0 aromatic heterocycles. The monoisotopic (exact) mass is 385 g/mol. The predicted octanol–water partition coefficient (Wildman–Crippen LogP) is 1.31. The summed E-state index contributed by atoms with van der Waals surface area (Å²) in [6, 6.07) is 3.94. The molecule has 0 saturated carbocycles. The Morgan fingerprint density at radius 3 is 2.85 bits per heavy atom. The number of hydrazine groups is 1. The number of nitrogens with zero attached hydrogens (tertiary/aromatic N) is 1. The van der Waals surface area contributed by atoms with E-state index in [9.17, 15) is 17.6 Å². The highest BCUT2D eigenvalue weighted by atomic mass is 32.2. The Morgan fingerprint density at radius 2 is 2.15 bits per heavy atom. The largest absolute Gasteiger partial charge is 0.324 e. The maximum absolute atomic E-state index is 14.0. The van der Waals surface area contributed by atoms with Gasteiger partial charge in [0.15, 0.2) is 0 Å². The second-order valence-electron chi connectivity index (χ2n) is 6.81. The fourth-order valence-electron chi connectivity index (χ4n) is 3.57. The van der Waals surface area contributed by atoms with Crippen molar-refractivity contribution in [1.29, 1.82) is 0 Å². The van der Waals surface area contributed by atoms with E-state index in [2.05, 4.69) is 27.8 Å². The summed E-state index contributed by atoms with van der Waals surface area (Å²) >= 11 is 0. The number of carbonyl (C=O) groups excluding carboxylic acids is 1. The van der Waals surface area contributed by atoms with Crippen molar-refractivity contribution in [2.75, 3.05) is 29.4 Å². The SMILES string of the molecule is CCC1NNC2CCN(C(=O)Nc3cc(NS(C)(=O)=O)ccc3F)CC12. The van der Waals surface area contributed by atoms with Gasteiger partial charge in [-0.2, -0.15) is 0 Å². The Kier molecular flexibility index (Phi) is 5.35. The molecule has 3 atom stereocenters. The van der Waals surface area contributed by atoms with Crippen LogP contribution in [0.5, 0.6) is 0 Å². The average Bonchev–Trinajstić information content (AvgIpc) is 2.98. The van der Waals surface area contributed by atoms with Crippen molar-refractivity contribution >= 4 is 27.4 Å². The van der Waals surface area contributed by atoms with E-state index in [1.54, 1.807) is 4.90 Å². The lowest BCUT2D eigenvalue weighted by molar-refractivity contribution is 0.165. The van der Waals surface area contributed by atoms with Gasteiger partial charge in [0.25, 0.3) is 0 Å². The molecule has 0 aliphatic carbocycles. The molecule has 4 N–H and O–H groups in total. The zero-order valence-electron chi connectivity index (χ0n) is 14.8. The Bertz CT molecular complexity index is 782. The summed E-state index contributed by atoms with van der Waals surface area (Å²) in [5, 5.41) is 2.56. The van der Waals surface area contributed by atoms with E-state index in [0.29, 0.717) is 31.1 Å². The van der Waals surface area contributed by atoms with Gasteiger partial charge in [0.2, 0.25) is 10.0 Å². The first-order valence-electron chi connectivity index (χ1n) is 8.61. The smallest absolute Gasteiger partial charge is 0.321 e. The van der Waals surface area contributed by atoms with E-state index in [1.807, 2.05) is 0 Å². The van der Waals surface area contributed by atoms with E-state index >= 15 is 0 Å². The molecule has 1 aromatic rings. The molecule has 0 bridgehead atoms. The predicted molar refractivity (Wildman–Crippen MR) is 97.7 cm³/mol. The van der Waals surface area contributed by atoms with Crippen LogP contribution < -0.4 is 20.9 Å². The third-order valence-electron chi connectivity index (χ3n) is 4.87. The van der Waals surface area contributed by atoms with Crippen LogP contribution in [0.1, 0.15) is 19.8 Å². The molecule has 3 unspecified atom stereocenters. The normalized spacial score (nSPS) is 25.7. The Labute approximate surface area is 152 Å². The minimum Gasteiger partial charge on any atom is -0.324 e. The van der Waals surface area contributed by atoms with Crippen LogP contribution in [0.25, 0.3) is 0 Å². The minimum absolute atomic E-state index is 0.0551. The highest BCUT2D eigenvalue weighted by Crippen LogP contribution is 2.27. The molecule has 2 saturated heterocycles. The molecule has 0 radical (unpaired) electrons. The molecule has 1 aromatic carbocycles. The fraction of sp³-hybridized carbons (Fsp3) is 0.562. The number of likely N-dealkylation sites (tertiary alicyclic amines) is 1. The number of amides is 2. The van der Waals surface area contributed by atoms with E-state index in [4.69, 9.17) is 0 Å². The Hall–Kier alpha value is -1.91. The number of fused-ring (bicyclic) bond motifs is 1. The third kappa shape index (κ3) is 4.25. The summed E-state index contributed by atoms with van der Waals surface area (Å²) in [6.07, 6.45) is 2.78. The molecule has 2 aliphatic heterocycles. The van der Waals surface area contributed by atoms with Crippen molar-refractivity contribution in [3.05, 3.63) is 24.0 Å². The molecule has 2 fully saturated rings. The van der Waals surface area contributed by atoms with Gasteiger partial charge in [0, 0.05) is 31.1 Å². The molecule has 3 rings (SSSR count). The van der Waals surface area contributed by atoms with Gasteiger partial charge in [-0.1, -0.05) is 6.92 Å². The molecule has 26 heavy (non-hydrogen) atoms. The number of piperidine rings is 1. The van der Waals surface area contributed by atoms with Gasteiger partial charge in [0.05, 0.1) is 17.6 Å². The van der Waals surface area contributed by atoms with Gasteiger partial charge < -0.3 is 10.2 Å². The lowest BCUT2D eigenvalue weighted by Gasteiger charge is -2.35. The van der Waals surface area contributed by atoms with Crippen molar-refractivity contribution in [3.8, 4) is 0 Å². The molecule has 2 amide bonds. The van der Waals surface area contributed by atoms with E-state index in [-0.39, 0.29) is 17.4 Å². The zero-order chi connectivity index (χ0) is 18.9. The van der Waals surface area contributed by atoms with Crippen molar-refractivity contribution in [2.24, 2.45) is 5.92 Å². The van der Waals surface area contributed by atoms with Gasteiger partial charge in [-0.15, -0.1) is 0 Å². The molecule has 8 nitrogen and oxygen atoms in total. The van der Waals surface area contributed by atoms with E-state index in [1.165, 1.54) is 12.1 Å². The molecule has 0 spiro atoms. The number of halogens is 1. The summed E-state index contributed by atoms with van der Waals surface area (Å²) < 4.78 is 38.9. The van der Waals surface area contributed by atoms with E-state index in [0.717, 1.165) is 25.2 Å². The van der Waals surface area contributed by atoms with Crippen molar-refractivity contribution in [1.82, 2.24) is 15.8 Å². The van der Waals surface area contributed by atoms with Gasteiger partial charge in [-0.25, -0.2) is 17.6 Å². The van der Waals surface area contributed by atoms with Crippen molar-refractivity contribution in [3.63, 3.8) is 0 Å². The van der Waals surface area contributed by atoms with E-state index < -0.39 is 15.8 Å². The average molecular weight is 385 g/mol. The number of rotatable bonds is 4. The summed E-state index contributed by atoms with van der Waals surface area (Å²) in [5.41, 5.74) is 6.67. The number of urea groups is 1. The highest BCUT2D eigenvalue weighted by Gasteiger charge is 2.40. The molecule has 2 heterocycles. The van der Waals surface area contributed by atoms with Crippen LogP contribution in [0.3, 0.4) is 0 Å². The molecule has 144 valence electrons. The summed E-state index contributed by atoms with van der Waals surface area (Å²) in [4.78, 5) is 14.2. The molecular weight excluding hydrogens is 361 g/mol. The molecule has 2 aliphatic rings. The molecule has 10 heteroatoms. The summed E-state index contributed by atoms with van der Waals surface area (Å²) in [5.74, 6) is -0.314. The first-order valence-corrected chi connectivity index (χ1v) is 10.5. The zero-order valence-corrected chi connectivity index (χ0v) is 15.6. The number of hydrogen-bond donors (Lipinski definition) is 4. The van der Waals surface area contributed by atoms with Gasteiger partial charge in [-0.3, -0.25) is 15.6 Å². The maximum Gasteiger partial charge on any atom is 0.321 e. The first-order chi connectivity index (χ1) is 12.3. The third-order valence-corrected chi connectivity index (χ3v) is 5.47. The van der Waals surface area contributed by atoms with Gasteiger partial charge >= 0.3 is 6.03 Å². The standard InChI is InChI=1S/C16H24FN5O3S/c1-3-13-11-9-22(7-6-14(11)20-19-13)16(23)18-15-8-10(4-5-12(15)17)21-26(2,24)25/h4-5,8,11,13-14,19-21H,3,6-7,9H2,1-2H3,(H,18,23). The van der Waals surface area contributed by atoms with Crippen LogP contribution in [-0.2, 0) is 10.0 Å². The highest BCUT2D eigenvalue weighted by molar-refractivity contribution is 7.92. The number of carbonyl (C=O) groups is 1. The second-order valence-corrected chi connectivity index (χ2v) is 8.56. The molecular formula is C16H24FN5O3S. The van der Waals surface area contributed by atoms with Crippen LogP contribution in [0, 0.1) is 11.7 Å². The fourth-order valence-corrected chi connectivity index (χ4v) is 4.13. The first kappa shape index (κ1) is 18.9. The summed E-state index contributed by atoms with van der Waals surface area (Å²) in [7, 11) is -3.48. The Balaban J connectivity index is 1.69. The number of nitrogens with one attached hydrogen (secondary N) is 4. The topological polar surface area (TPSA) is 103 Å². The second kappa shape index (κ2) is 7.37. The number of hydrogen-bond acceptors (Lipinski definition) is 5. The van der Waals surface area contributed by atoms with Crippen LogP contribution in [-0.4, -0.2) is 50.8 Å². The quantitative estimate of drug-likeness (QED) is 0.626.